The molecule has 0 amide bonds. The van der Waals surface area contributed by atoms with Crippen molar-refractivity contribution in [3.8, 4) is 5.75 Å². The van der Waals surface area contributed by atoms with E-state index in [4.69, 9.17) is 4.74 Å². The fourth-order valence-electron chi connectivity index (χ4n) is 2.33. The summed E-state index contributed by atoms with van der Waals surface area (Å²) in [6.45, 7) is 0. The van der Waals surface area contributed by atoms with E-state index in [1.165, 1.54) is 28.4 Å². The Morgan fingerprint density at radius 2 is 2.00 bits per heavy atom. The number of methoxy groups -OCH3 is 1. The zero-order valence-corrected chi connectivity index (χ0v) is 14.4. The van der Waals surface area contributed by atoms with E-state index in [9.17, 15) is 0 Å². The van der Waals surface area contributed by atoms with Gasteiger partial charge in [-0.25, -0.2) is 0 Å². The first-order valence-corrected chi connectivity index (χ1v) is 9.83. The highest BCUT2D eigenvalue weighted by molar-refractivity contribution is 8.18. The molecule has 2 aromatic rings. The summed E-state index contributed by atoms with van der Waals surface area (Å²) >= 11 is 5.84. The number of benzene rings is 1. The number of thioether (sulfide) groups is 2. The molecule has 0 aliphatic carbocycles. The van der Waals surface area contributed by atoms with E-state index < -0.39 is 0 Å². The summed E-state index contributed by atoms with van der Waals surface area (Å²) in [5, 5.41) is 2.12. The molecule has 0 saturated carbocycles. The Kier molecular flexibility index (Phi) is 4.99. The number of rotatable bonds is 4. The molecule has 0 N–H and O–H groups in total. The Hall–Kier alpha value is -0.840. The van der Waals surface area contributed by atoms with Crippen LogP contribution in [0.1, 0.15) is 16.9 Å². The topological polar surface area (TPSA) is 9.23 Å². The molecule has 1 saturated heterocycles. The Balaban J connectivity index is 1.95. The fourth-order valence-corrected chi connectivity index (χ4v) is 6.06. The van der Waals surface area contributed by atoms with Gasteiger partial charge in [0.2, 0.25) is 0 Å². The first kappa shape index (κ1) is 15.1. The molecule has 110 valence electrons. The summed E-state index contributed by atoms with van der Waals surface area (Å²) in [7, 11) is 1.73. The molecule has 1 aliphatic rings. The van der Waals surface area contributed by atoms with E-state index in [-0.39, 0.29) is 4.08 Å². The van der Waals surface area contributed by atoms with Gasteiger partial charge in [-0.15, -0.1) is 34.9 Å². The van der Waals surface area contributed by atoms with Crippen LogP contribution in [0.15, 0.2) is 47.9 Å². The molecule has 1 fully saturated rings. The molecule has 1 aromatic heterocycles. The quantitative estimate of drug-likeness (QED) is 0.731. The standard InChI is InChI=1S/C17H18OS3/c1-18-15-6-2-5-14(13-15)17(20-11-4-12-21-17)9-8-16-7-3-10-19-16/h2-3,5-10,13H,4,11-12H2,1H3. The van der Waals surface area contributed by atoms with Crippen molar-refractivity contribution in [1.82, 2.24) is 0 Å². The molecule has 21 heavy (non-hydrogen) atoms. The monoisotopic (exact) mass is 334 g/mol. The molecule has 0 radical (unpaired) electrons. The second-order valence-electron chi connectivity index (χ2n) is 4.80. The lowest BCUT2D eigenvalue weighted by Crippen LogP contribution is -2.20. The minimum Gasteiger partial charge on any atom is -0.497 e. The first-order valence-electron chi connectivity index (χ1n) is 6.98. The van der Waals surface area contributed by atoms with E-state index in [1.54, 1.807) is 18.4 Å². The van der Waals surface area contributed by atoms with Gasteiger partial charge in [0.1, 0.15) is 9.83 Å². The molecule has 1 aliphatic heterocycles. The van der Waals surface area contributed by atoms with Gasteiger partial charge in [-0.1, -0.05) is 24.3 Å². The van der Waals surface area contributed by atoms with Crippen molar-refractivity contribution in [2.75, 3.05) is 18.6 Å². The molecule has 0 bridgehead atoms. The van der Waals surface area contributed by atoms with Crippen molar-refractivity contribution >= 4 is 40.9 Å². The predicted octanol–water partition coefficient (Wildman–Crippen LogP) is 5.49. The van der Waals surface area contributed by atoms with Crippen LogP contribution in [0.25, 0.3) is 6.08 Å². The molecule has 2 heterocycles. The third-order valence-corrected chi connectivity index (χ3v) is 7.54. The third-order valence-electron chi connectivity index (χ3n) is 3.40. The van der Waals surface area contributed by atoms with Crippen molar-refractivity contribution in [2.45, 2.75) is 10.5 Å². The SMILES string of the molecule is COc1cccc(C2(C=Cc3cccs3)SCCCS2)c1. The van der Waals surface area contributed by atoms with Gasteiger partial charge in [0, 0.05) is 4.88 Å². The minimum absolute atomic E-state index is 0.0107. The molecular formula is C17H18OS3. The molecule has 1 nitrogen and oxygen atoms in total. The Bertz CT molecular complexity index is 598. The van der Waals surface area contributed by atoms with Crippen LogP contribution in [0.5, 0.6) is 5.75 Å². The highest BCUT2D eigenvalue weighted by atomic mass is 32.2. The van der Waals surface area contributed by atoms with Crippen LogP contribution in [0.4, 0.5) is 0 Å². The lowest BCUT2D eigenvalue weighted by Gasteiger charge is -2.34. The normalized spacial score (nSPS) is 18.0. The third kappa shape index (κ3) is 3.50. The minimum atomic E-state index is 0.0107. The average Bonchev–Trinajstić information content (AvgIpc) is 3.07. The van der Waals surface area contributed by atoms with Gasteiger partial charge in [0.15, 0.2) is 0 Å². The molecule has 4 heteroatoms. The van der Waals surface area contributed by atoms with Crippen molar-refractivity contribution < 1.29 is 4.74 Å². The van der Waals surface area contributed by atoms with E-state index in [0.29, 0.717) is 0 Å². The maximum absolute atomic E-state index is 5.40. The number of ether oxygens (including phenoxy) is 1. The summed E-state index contributed by atoms with van der Waals surface area (Å²) < 4.78 is 5.41. The van der Waals surface area contributed by atoms with Crippen LogP contribution in [-0.4, -0.2) is 18.6 Å². The zero-order chi connectivity index (χ0) is 14.5. The zero-order valence-electron chi connectivity index (χ0n) is 12.0. The van der Waals surface area contributed by atoms with Crippen molar-refractivity contribution in [3.05, 3.63) is 58.3 Å². The largest absolute Gasteiger partial charge is 0.497 e. The van der Waals surface area contributed by atoms with Crippen LogP contribution in [0, 0.1) is 0 Å². The summed E-state index contributed by atoms with van der Waals surface area (Å²) in [6.07, 6.45) is 5.91. The smallest absolute Gasteiger partial charge is 0.119 e. The summed E-state index contributed by atoms with van der Waals surface area (Å²) in [6, 6.07) is 12.8. The number of hydrogen-bond donors (Lipinski definition) is 0. The van der Waals surface area contributed by atoms with Gasteiger partial charge >= 0.3 is 0 Å². The predicted molar refractivity (Wildman–Crippen MR) is 97.6 cm³/mol. The molecule has 0 spiro atoms. The van der Waals surface area contributed by atoms with Crippen LogP contribution < -0.4 is 4.74 Å². The van der Waals surface area contributed by atoms with Gasteiger partial charge in [-0.2, -0.15) is 0 Å². The molecule has 1 aromatic carbocycles. The molecular weight excluding hydrogens is 316 g/mol. The van der Waals surface area contributed by atoms with Gasteiger partial charge < -0.3 is 4.74 Å². The van der Waals surface area contributed by atoms with Crippen LogP contribution in [-0.2, 0) is 4.08 Å². The summed E-state index contributed by atoms with van der Waals surface area (Å²) in [5.41, 5.74) is 1.32. The first-order chi connectivity index (χ1) is 10.3. The Morgan fingerprint density at radius 3 is 2.71 bits per heavy atom. The second kappa shape index (κ2) is 6.95. The van der Waals surface area contributed by atoms with E-state index in [1.807, 2.05) is 29.6 Å². The summed E-state index contributed by atoms with van der Waals surface area (Å²) in [4.78, 5) is 1.31. The van der Waals surface area contributed by atoms with Crippen molar-refractivity contribution in [3.63, 3.8) is 0 Å². The molecule has 0 atom stereocenters. The maximum Gasteiger partial charge on any atom is 0.119 e. The lowest BCUT2D eigenvalue weighted by molar-refractivity contribution is 0.414. The average molecular weight is 335 g/mol. The van der Waals surface area contributed by atoms with Gasteiger partial charge in [-0.3, -0.25) is 0 Å². The van der Waals surface area contributed by atoms with E-state index in [2.05, 4.69) is 47.9 Å². The maximum atomic E-state index is 5.40. The van der Waals surface area contributed by atoms with E-state index in [0.717, 1.165) is 5.75 Å². The summed E-state index contributed by atoms with van der Waals surface area (Å²) in [5.74, 6) is 3.35. The number of thiophene rings is 1. The Morgan fingerprint density at radius 1 is 1.14 bits per heavy atom. The van der Waals surface area contributed by atoms with Gasteiger partial charge in [0.25, 0.3) is 0 Å². The Labute approximate surface area is 138 Å². The van der Waals surface area contributed by atoms with Gasteiger partial charge in [0.05, 0.1) is 7.11 Å². The lowest BCUT2D eigenvalue weighted by atomic mass is 10.1. The van der Waals surface area contributed by atoms with Crippen LogP contribution >= 0.6 is 34.9 Å². The van der Waals surface area contributed by atoms with Crippen LogP contribution in [0.3, 0.4) is 0 Å². The fraction of sp³-hybridized carbons (Fsp3) is 0.294. The van der Waals surface area contributed by atoms with Crippen molar-refractivity contribution in [2.24, 2.45) is 0 Å². The van der Waals surface area contributed by atoms with Gasteiger partial charge in [-0.05, 0) is 53.1 Å². The molecule has 3 rings (SSSR count). The highest BCUT2D eigenvalue weighted by Crippen LogP contribution is 2.52. The van der Waals surface area contributed by atoms with Crippen molar-refractivity contribution in [1.29, 1.82) is 0 Å². The van der Waals surface area contributed by atoms with Crippen LogP contribution in [0.2, 0.25) is 0 Å². The highest BCUT2D eigenvalue weighted by Gasteiger charge is 2.33. The van der Waals surface area contributed by atoms with E-state index >= 15 is 0 Å². The second-order valence-corrected chi connectivity index (χ2v) is 8.72. The number of hydrogen-bond acceptors (Lipinski definition) is 4. The molecule has 0 unspecified atom stereocenters.